The minimum atomic E-state index is -0.178. The van der Waals surface area contributed by atoms with Gasteiger partial charge in [-0.3, -0.25) is 4.79 Å². The Kier molecular flexibility index (Phi) is 6.83. The molecule has 3 rings (SSSR count). The van der Waals surface area contributed by atoms with Crippen LogP contribution in [0.1, 0.15) is 34.2 Å². The Morgan fingerprint density at radius 2 is 2.22 bits per heavy atom. The summed E-state index contributed by atoms with van der Waals surface area (Å²) in [4.78, 5) is 13.2. The summed E-state index contributed by atoms with van der Waals surface area (Å²) in [6.07, 6.45) is 4.55. The van der Waals surface area contributed by atoms with E-state index in [0.29, 0.717) is 18.3 Å². The first-order chi connectivity index (χ1) is 10.7. The molecule has 1 aliphatic heterocycles. The van der Waals surface area contributed by atoms with Crippen molar-refractivity contribution in [1.29, 1.82) is 0 Å². The summed E-state index contributed by atoms with van der Waals surface area (Å²) in [5.41, 5.74) is 0.378. The van der Waals surface area contributed by atoms with Gasteiger partial charge in [-0.25, -0.2) is 4.68 Å². The van der Waals surface area contributed by atoms with Crippen LogP contribution in [0.5, 0.6) is 0 Å². The predicted octanol–water partition coefficient (Wildman–Crippen LogP) is 2.31. The van der Waals surface area contributed by atoms with E-state index in [0.717, 1.165) is 41.6 Å². The van der Waals surface area contributed by atoms with Crippen LogP contribution >= 0.6 is 35.3 Å². The average Bonchev–Trinajstić information content (AvgIpc) is 3.17. The summed E-state index contributed by atoms with van der Waals surface area (Å²) in [6.45, 7) is 2.53. The topological polar surface area (TPSA) is 71.8 Å². The fourth-order valence-corrected chi connectivity index (χ4v) is 3.59. The molecular weight excluding hydrogens is 357 g/mol. The number of hydrogen-bond acceptors (Lipinski definition) is 5. The zero-order valence-electron chi connectivity index (χ0n) is 12.5. The molecule has 1 saturated heterocycles. The fraction of sp³-hybridized carbons (Fsp3) is 0.500. The Morgan fingerprint density at radius 3 is 2.91 bits per heavy atom. The monoisotopic (exact) mass is 375 g/mol. The molecule has 2 N–H and O–H groups in total. The number of carbonyl (C=O) groups is 1. The molecule has 0 radical (unpaired) electrons. The number of amides is 1. The molecule has 1 amide bonds. The number of nitrogens with zero attached hydrogens (tertiary/aromatic N) is 3. The Bertz CT molecular complexity index is 639. The number of hydrogen-bond donors (Lipinski definition) is 2. The molecule has 1 aliphatic rings. The molecule has 3 heterocycles. The molecule has 0 aliphatic carbocycles. The van der Waals surface area contributed by atoms with Gasteiger partial charge in [-0.1, -0.05) is 16.8 Å². The van der Waals surface area contributed by atoms with Gasteiger partial charge in [-0.15, -0.1) is 28.8 Å². The standard InChI is InChI=1S/C14H18ClN5OS.ClH/c15-13-2-1-11(22-13)5-8-17-14(21)12-9-20(19-18-12)10-3-6-16-7-4-10;/h1-2,9-10,16H,3-8H2,(H,17,21);1H. The first kappa shape index (κ1) is 18.2. The van der Waals surface area contributed by atoms with E-state index in [9.17, 15) is 4.79 Å². The molecule has 2 aromatic heterocycles. The SMILES string of the molecule is Cl.O=C(NCCc1ccc(Cl)s1)c1cn(C2CCNCC2)nn1. The summed E-state index contributed by atoms with van der Waals surface area (Å²) in [7, 11) is 0. The van der Waals surface area contributed by atoms with Crippen LogP contribution in [-0.4, -0.2) is 40.5 Å². The third kappa shape index (κ3) is 4.91. The van der Waals surface area contributed by atoms with Crippen molar-refractivity contribution in [2.45, 2.75) is 25.3 Å². The maximum absolute atomic E-state index is 12.1. The maximum Gasteiger partial charge on any atom is 0.273 e. The third-order valence-corrected chi connectivity index (χ3v) is 5.00. The second kappa shape index (κ2) is 8.63. The number of nitrogens with one attached hydrogen (secondary N) is 2. The quantitative estimate of drug-likeness (QED) is 0.840. The second-order valence-electron chi connectivity index (χ2n) is 5.28. The lowest BCUT2D eigenvalue weighted by Gasteiger charge is -2.22. The smallest absolute Gasteiger partial charge is 0.273 e. The van der Waals surface area contributed by atoms with E-state index >= 15 is 0 Å². The predicted molar refractivity (Wildman–Crippen MR) is 93.8 cm³/mol. The van der Waals surface area contributed by atoms with E-state index in [1.165, 1.54) is 11.3 Å². The maximum atomic E-state index is 12.1. The van der Waals surface area contributed by atoms with E-state index in [2.05, 4.69) is 20.9 Å². The minimum Gasteiger partial charge on any atom is -0.350 e. The van der Waals surface area contributed by atoms with Crippen LogP contribution in [0.4, 0.5) is 0 Å². The van der Waals surface area contributed by atoms with Gasteiger partial charge in [0.15, 0.2) is 5.69 Å². The fourth-order valence-electron chi connectivity index (χ4n) is 2.51. The highest BCUT2D eigenvalue weighted by Crippen LogP contribution is 2.21. The molecule has 0 aromatic carbocycles. The van der Waals surface area contributed by atoms with Gasteiger partial charge in [0.1, 0.15) is 0 Å². The molecule has 1 fully saturated rings. The average molecular weight is 376 g/mol. The van der Waals surface area contributed by atoms with E-state index in [1.807, 2.05) is 16.8 Å². The van der Waals surface area contributed by atoms with Gasteiger partial charge < -0.3 is 10.6 Å². The lowest BCUT2D eigenvalue weighted by atomic mass is 10.1. The van der Waals surface area contributed by atoms with Crippen molar-refractivity contribution in [1.82, 2.24) is 25.6 Å². The summed E-state index contributed by atoms with van der Waals surface area (Å²) in [5, 5.41) is 14.3. The molecule has 23 heavy (non-hydrogen) atoms. The van der Waals surface area contributed by atoms with Crippen LogP contribution in [0.3, 0.4) is 0 Å². The molecule has 0 spiro atoms. The van der Waals surface area contributed by atoms with Crippen LogP contribution in [0.25, 0.3) is 0 Å². The first-order valence-electron chi connectivity index (χ1n) is 7.37. The highest BCUT2D eigenvalue weighted by Gasteiger charge is 2.18. The summed E-state index contributed by atoms with van der Waals surface area (Å²) < 4.78 is 2.58. The van der Waals surface area contributed by atoms with Gasteiger partial charge in [0.05, 0.1) is 16.6 Å². The number of aromatic nitrogens is 3. The summed E-state index contributed by atoms with van der Waals surface area (Å²) >= 11 is 7.41. The number of halogens is 2. The highest BCUT2D eigenvalue weighted by molar-refractivity contribution is 7.16. The molecule has 6 nitrogen and oxygen atoms in total. The minimum absolute atomic E-state index is 0. The lowest BCUT2D eigenvalue weighted by Crippen LogP contribution is -2.29. The van der Waals surface area contributed by atoms with Crippen molar-refractivity contribution in [2.75, 3.05) is 19.6 Å². The molecule has 0 unspecified atom stereocenters. The zero-order valence-corrected chi connectivity index (χ0v) is 14.9. The highest BCUT2D eigenvalue weighted by atomic mass is 35.5. The van der Waals surface area contributed by atoms with Gasteiger partial charge >= 0.3 is 0 Å². The van der Waals surface area contributed by atoms with Gasteiger partial charge in [-0.2, -0.15) is 0 Å². The number of piperidine rings is 1. The Balaban J connectivity index is 0.00000192. The van der Waals surface area contributed by atoms with Crippen molar-refractivity contribution in [3.63, 3.8) is 0 Å². The summed E-state index contributed by atoms with van der Waals surface area (Å²) in [6, 6.07) is 4.18. The zero-order chi connectivity index (χ0) is 15.4. The van der Waals surface area contributed by atoms with Gasteiger partial charge in [-0.05, 0) is 44.5 Å². The van der Waals surface area contributed by atoms with E-state index in [-0.39, 0.29) is 18.3 Å². The normalized spacial score (nSPS) is 15.2. The Labute approximate surface area is 150 Å². The number of carbonyl (C=O) groups excluding carboxylic acids is 1. The van der Waals surface area contributed by atoms with Crippen molar-refractivity contribution >= 4 is 41.3 Å². The molecule has 0 bridgehead atoms. The molecule has 2 aromatic rings. The van der Waals surface area contributed by atoms with Gasteiger partial charge in [0.25, 0.3) is 5.91 Å². The summed E-state index contributed by atoms with van der Waals surface area (Å²) in [5.74, 6) is -0.178. The van der Waals surface area contributed by atoms with Gasteiger partial charge in [0, 0.05) is 11.4 Å². The van der Waals surface area contributed by atoms with Crippen molar-refractivity contribution in [2.24, 2.45) is 0 Å². The largest absolute Gasteiger partial charge is 0.350 e. The van der Waals surface area contributed by atoms with Gasteiger partial charge in [0.2, 0.25) is 0 Å². The molecule has 0 atom stereocenters. The van der Waals surface area contributed by atoms with Crippen molar-refractivity contribution in [3.05, 3.63) is 33.2 Å². The first-order valence-corrected chi connectivity index (χ1v) is 8.57. The molecule has 0 saturated carbocycles. The van der Waals surface area contributed by atoms with Crippen LogP contribution in [-0.2, 0) is 6.42 Å². The van der Waals surface area contributed by atoms with Crippen LogP contribution in [0, 0.1) is 0 Å². The van der Waals surface area contributed by atoms with E-state index in [4.69, 9.17) is 11.6 Å². The molecule has 126 valence electrons. The van der Waals surface area contributed by atoms with E-state index in [1.54, 1.807) is 6.20 Å². The lowest BCUT2D eigenvalue weighted by molar-refractivity contribution is 0.0949. The molecular formula is C14H19Cl2N5OS. The number of thiophene rings is 1. The Morgan fingerprint density at radius 1 is 1.43 bits per heavy atom. The molecule has 9 heteroatoms. The number of rotatable bonds is 5. The second-order valence-corrected chi connectivity index (χ2v) is 7.08. The van der Waals surface area contributed by atoms with Crippen LogP contribution in [0.15, 0.2) is 18.3 Å². The van der Waals surface area contributed by atoms with Crippen molar-refractivity contribution in [3.8, 4) is 0 Å². The third-order valence-electron chi connectivity index (χ3n) is 3.71. The van der Waals surface area contributed by atoms with Crippen molar-refractivity contribution < 1.29 is 4.79 Å². The van der Waals surface area contributed by atoms with E-state index < -0.39 is 0 Å². The van der Waals surface area contributed by atoms with Crippen LogP contribution < -0.4 is 10.6 Å². The Hall–Kier alpha value is -1.15. The van der Waals surface area contributed by atoms with Crippen LogP contribution in [0.2, 0.25) is 4.34 Å².